The first-order valence-electron chi connectivity index (χ1n) is 8.78. The van der Waals surface area contributed by atoms with E-state index in [2.05, 4.69) is 55.3 Å². The van der Waals surface area contributed by atoms with Crippen molar-refractivity contribution in [2.24, 2.45) is 5.92 Å². The molecule has 2 aromatic heterocycles. The van der Waals surface area contributed by atoms with Crippen LogP contribution in [0.25, 0.3) is 10.1 Å². The standard InChI is InChI=1S/C21H24N2O2S/c1-13(2)11-17(20-14(3)16-7-5-6-8-18(16)26-20)23-19-10-9-15(12-22-19)21(24)25-4/h5-10,12-13,17H,11H2,1-4H3,(H,22,23). The van der Waals surface area contributed by atoms with Gasteiger partial charge in [0.1, 0.15) is 5.82 Å². The van der Waals surface area contributed by atoms with Crippen molar-refractivity contribution in [3.8, 4) is 0 Å². The number of thiophene rings is 1. The molecule has 0 aliphatic heterocycles. The van der Waals surface area contributed by atoms with Crippen molar-refractivity contribution in [3.05, 3.63) is 58.6 Å². The summed E-state index contributed by atoms with van der Waals surface area (Å²) in [6.07, 6.45) is 2.56. The van der Waals surface area contributed by atoms with Crippen LogP contribution in [0.1, 0.15) is 47.1 Å². The van der Waals surface area contributed by atoms with Crippen molar-refractivity contribution in [1.82, 2.24) is 4.98 Å². The minimum Gasteiger partial charge on any atom is -0.465 e. The van der Waals surface area contributed by atoms with Gasteiger partial charge in [0.05, 0.1) is 18.7 Å². The van der Waals surface area contributed by atoms with Crippen molar-refractivity contribution in [2.45, 2.75) is 33.2 Å². The molecule has 1 atom stereocenters. The highest BCUT2D eigenvalue weighted by Gasteiger charge is 2.20. The molecule has 136 valence electrons. The van der Waals surface area contributed by atoms with Crippen molar-refractivity contribution >= 4 is 33.2 Å². The number of esters is 1. The zero-order valence-electron chi connectivity index (χ0n) is 15.6. The van der Waals surface area contributed by atoms with Gasteiger partial charge in [-0.05, 0) is 48.4 Å². The number of fused-ring (bicyclic) bond motifs is 1. The third-order valence-corrected chi connectivity index (χ3v) is 5.80. The predicted octanol–water partition coefficient (Wildman–Crippen LogP) is 5.59. The molecular formula is C21H24N2O2S. The molecule has 0 bridgehead atoms. The molecule has 0 spiro atoms. The molecule has 0 fully saturated rings. The largest absolute Gasteiger partial charge is 0.465 e. The Balaban J connectivity index is 1.90. The average molecular weight is 369 g/mol. The Morgan fingerprint density at radius 2 is 2.00 bits per heavy atom. The van der Waals surface area contributed by atoms with E-state index in [1.165, 1.54) is 27.6 Å². The molecule has 26 heavy (non-hydrogen) atoms. The van der Waals surface area contributed by atoms with Crippen molar-refractivity contribution in [3.63, 3.8) is 0 Å². The van der Waals surface area contributed by atoms with E-state index in [0.717, 1.165) is 12.2 Å². The Morgan fingerprint density at radius 1 is 1.23 bits per heavy atom. The fourth-order valence-corrected chi connectivity index (χ4v) is 4.40. The summed E-state index contributed by atoms with van der Waals surface area (Å²) in [5.74, 6) is 0.940. The van der Waals surface area contributed by atoms with E-state index in [9.17, 15) is 4.79 Å². The van der Waals surface area contributed by atoms with Gasteiger partial charge in [0.15, 0.2) is 0 Å². The molecular weight excluding hydrogens is 344 g/mol. The van der Waals surface area contributed by atoms with E-state index in [1.807, 2.05) is 17.4 Å². The summed E-state index contributed by atoms with van der Waals surface area (Å²) in [5.41, 5.74) is 1.78. The summed E-state index contributed by atoms with van der Waals surface area (Å²) in [4.78, 5) is 17.3. The number of ether oxygens (including phenoxy) is 1. The molecule has 0 aliphatic rings. The molecule has 1 unspecified atom stereocenters. The number of carbonyl (C=O) groups excluding carboxylic acids is 1. The van der Waals surface area contributed by atoms with Crippen molar-refractivity contribution < 1.29 is 9.53 Å². The summed E-state index contributed by atoms with van der Waals surface area (Å²) in [5, 5.41) is 4.88. The highest BCUT2D eigenvalue weighted by molar-refractivity contribution is 7.19. The molecule has 0 radical (unpaired) electrons. The minimum absolute atomic E-state index is 0.184. The Labute approximate surface area is 158 Å². The second-order valence-corrected chi connectivity index (χ2v) is 7.92. The second-order valence-electron chi connectivity index (χ2n) is 6.84. The number of anilines is 1. The van der Waals surface area contributed by atoms with E-state index in [0.29, 0.717) is 11.5 Å². The first-order chi connectivity index (χ1) is 12.5. The van der Waals surface area contributed by atoms with E-state index in [-0.39, 0.29) is 12.0 Å². The van der Waals surface area contributed by atoms with Crippen LogP contribution < -0.4 is 5.32 Å². The van der Waals surface area contributed by atoms with Gasteiger partial charge in [0, 0.05) is 15.8 Å². The number of hydrogen-bond acceptors (Lipinski definition) is 5. The van der Waals surface area contributed by atoms with Gasteiger partial charge in [-0.3, -0.25) is 0 Å². The van der Waals surface area contributed by atoms with Gasteiger partial charge in [0.2, 0.25) is 0 Å². The highest BCUT2D eigenvalue weighted by Crippen LogP contribution is 2.38. The second kappa shape index (κ2) is 7.87. The number of aromatic nitrogens is 1. The topological polar surface area (TPSA) is 51.2 Å². The van der Waals surface area contributed by atoms with Crippen LogP contribution in [0.2, 0.25) is 0 Å². The lowest BCUT2D eigenvalue weighted by Crippen LogP contribution is -2.14. The van der Waals surface area contributed by atoms with Crippen molar-refractivity contribution in [2.75, 3.05) is 12.4 Å². The summed E-state index contributed by atoms with van der Waals surface area (Å²) in [6, 6.07) is 12.3. The number of rotatable bonds is 6. The Hall–Kier alpha value is -2.40. The van der Waals surface area contributed by atoms with Crippen LogP contribution in [0.15, 0.2) is 42.6 Å². The number of pyridine rings is 1. The van der Waals surface area contributed by atoms with Gasteiger partial charge in [-0.2, -0.15) is 0 Å². The number of benzene rings is 1. The summed E-state index contributed by atoms with van der Waals surface area (Å²) < 4.78 is 6.04. The van der Waals surface area contributed by atoms with Gasteiger partial charge in [-0.25, -0.2) is 9.78 Å². The predicted molar refractivity (Wildman–Crippen MR) is 108 cm³/mol. The van der Waals surface area contributed by atoms with Gasteiger partial charge < -0.3 is 10.1 Å². The molecule has 2 heterocycles. The smallest absolute Gasteiger partial charge is 0.339 e. The van der Waals surface area contributed by atoms with Gasteiger partial charge in [-0.1, -0.05) is 32.0 Å². The summed E-state index contributed by atoms with van der Waals surface area (Å²) in [7, 11) is 1.37. The number of carbonyl (C=O) groups is 1. The maximum absolute atomic E-state index is 11.6. The molecule has 4 nitrogen and oxygen atoms in total. The number of methoxy groups -OCH3 is 1. The van der Waals surface area contributed by atoms with Gasteiger partial charge >= 0.3 is 5.97 Å². The lowest BCUT2D eigenvalue weighted by atomic mass is 9.99. The number of aryl methyl sites for hydroxylation is 1. The quantitative estimate of drug-likeness (QED) is 0.576. The van der Waals surface area contributed by atoms with Gasteiger partial charge in [0.25, 0.3) is 0 Å². The minimum atomic E-state index is -0.372. The van der Waals surface area contributed by atoms with Crippen molar-refractivity contribution in [1.29, 1.82) is 0 Å². The molecule has 1 N–H and O–H groups in total. The maximum atomic E-state index is 11.6. The number of hydrogen-bond donors (Lipinski definition) is 1. The fraction of sp³-hybridized carbons (Fsp3) is 0.333. The van der Waals surface area contributed by atoms with E-state index in [1.54, 1.807) is 12.3 Å². The van der Waals surface area contributed by atoms with Crippen LogP contribution in [-0.2, 0) is 4.74 Å². The lowest BCUT2D eigenvalue weighted by molar-refractivity contribution is 0.0600. The molecule has 0 saturated heterocycles. The molecule has 0 saturated carbocycles. The average Bonchev–Trinajstić information content (AvgIpc) is 2.98. The monoisotopic (exact) mass is 368 g/mol. The lowest BCUT2D eigenvalue weighted by Gasteiger charge is -2.21. The van der Waals surface area contributed by atoms with Crippen LogP contribution in [0, 0.1) is 12.8 Å². The molecule has 0 aliphatic carbocycles. The molecule has 1 aromatic carbocycles. The maximum Gasteiger partial charge on any atom is 0.339 e. The fourth-order valence-electron chi connectivity index (χ4n) is 3.12. The van der Waals surface area contributed by atoms with Crippen LogP contribution in [0.5, 0.6) is 0 Å². The van der Waals surface area contributed by atoms with E-state index >= 15 is 0 Å². The SMILES string of the molecule is COC(=O)c1ccc(NC(CC(C)C)c2sc3ccccc3c2C)nc1. The zero-order chi connectivity index (χ0) is 18.7. The third kappa shape index (κ3) is 3.88. The van der Waals surface area contributed by atoms with Crippen LogP contribution >= 0.6 is 11.3 Å². The Kier molecular flexibility index (Phi) is 5.57. The Morgan fingerprint density at radius 3 is 2.62 bits per heavy atom. The van der Waals surface area contributed by atoms with Crippen LogP contribution in [0.3, 0.4) is 0 Å². The molecule has 3 rings (SSSR count). The number of nitrogens with one attached hydrogen (secondary N) is 1. The van der Waals surface area contributed by atoms with Crippen LogP contribution in [0.4, 0.5) is 5.82 Å². The highest BCUT2D eigenvalue weighted by atomic mass is 32.1. The molecule has 3 aromatic rings. The van der Waals surface area contributed by atoms with Crippen LogP contribution in [-0.4, -0.2) is 18.1 Å². The normalized spacial score (nSPS) is 12.3. The van der Waals surface area contributed by atoms with Gasteiger partial charge in [-0.15, -0.1) is 11.3 Å². The number of nitrogens with zero attached hydrogens (tertiary/aromatic N) is 1. The first-order valence-corrected chi connectivity index (χ1v) is 9.60. The first kappa shape index (κ1) is 18.4. The molecule has 0 amide bonds. The van der Waals surface area contributed by atoms with E-state index in [4.69, 9.17) is 4.74 Å². The summed E-state index contributed by atoms with van der Waals surface area (Å²) in [6.45, 7) is 6.65. The zero-order valence-corrected chi connectivity index (χ0v) is 16.4. The van der Waals surface area contributed by atoms with E-state index < -0.39 is 0 Å². The molecule has 5 heteroatoms. The third-order valence-electron chi connectivity index (χ3n) is 4.41. The summed E-state index contributed by atoms with van der Waals surface area (Å²) >= 11 is 1.84. The Bertz CT molecular complexity index is 900.